The van der Waals surface area contributed by atoms with Crippen LogP contribution in [0.2, 0.25) is 0 Å². The lowest BCUT2D eigenvalue weighted by atomic mass is 10.0. The second kappa shape index (κ2) is 7.42. The first-order valence-corrected chi connectivity index (χ1v) is 6.62. The molecule has 2 N–H and O–H groups in total. The van der Waals surface area contributed by atoms with Crippen LogP contribution in [0, 0.1) is 5.92 Å². The fourth-order valence-corrected chi connectivity index (χ4v) is 1.82. The fourth-order valence-electron chi connectivity index (χ4n) is 1.82. The van der Waals surface area contributed by atoms with Gasteiger partial charge in [-0.25, -0.2) is 4.79 Å². The van der Waals surface area contributed by atoms with Crippen molar-refractivity contribution in [3.63, 3.8) is 0 Å². The number of rotatable bonds is 5. The summed E-state index contributed by atoms with van der Waals surface area (Å²) in [7, 11) is 1.27. The van der Waals surface area contributed by atoms with Crippen LogP contribution in [0.15, 0.2) is 24.3 Å². The predicted molar refractivity (Wildman–Crippen MR) is 78.9 cm³/mol. The van der Waals surface area contributed by atoms with E-state index in [1.807, 2.05) is 13.8 Å². The Morgan fingerprint density at radius 3 is 2.29 bits per heavy atom. The van der Waals surface area contributed by atoms with Crippen LogP contribution in [0.1, 0.15) is 31.1 Å². The van der Waals surface area contributed by atoms with Gasteiger partial charge in [-0.2, -0.15) is 0 Å². The summed E-state index contributed by atoms with van der Waals surface area (Å²) >= 11 is 0. The summed E-state index contributed by atoms with van der Waals surface area (Å²) in [5.41, 5.74) is 0.692. The molecule has 6 nitrogen and oxygen atoms in total. The molecule has 0 bridgehead atoms. The monoisotopic (exact) mass is 292 g/mol. The summed E-state index contributed by atoms with van der Waals surface area (Å²) in [6.07, 6.45) is 0. The third-order valence-electron chi connectivity index (χ3n) is 2.89. The van der Waals surface area contributed by atoms with Crippen LogP contribution >= 0.6 is 0 Å². The van der Waals surface area contributed by atoms with Crippen molar-refractivity contribution in [2.24, 2.45) is 5.92 Å². The Morgan fingerprint density at radius 1 is 1.14 bits per heavy atom. The number of anilines is 1. The maximum atomic E-state index is 12.3. The van der Waals surface area contributed by atoms with Crippen molar-refractivity contribution >= 4 is 23.5 Å². The number of hydrogen-bond acceptors (Lipinski definition) is 4. The minimum absolute atomic E-state index is 0.116. The first-order valence-electron chi connectivity index (χ1n) is 6.62. The molecule has 0 aliphatic heterocycles. The molecule has 0 unspecified atom stereocenters. The molecule has 21 heavy (non-hydrogen) atoms. The number of amides is 2. The average molecular weight is 292 g/mol. The number of para-hydroxylation sites is 1. The quantitative estimate of drug-likeness (QED) is 0.807. The van der Waals surface area contributed by atoms with Crippen molar-refractivity contribution < 1.29 is 19.1 Å². The molecule has 0 saturated heterocycles. The smallest absolute Gasteiger partial charge is 0.328 e. The molecule has 0 aromatic heterocycles. The van der Waals surface area contributed by atoms with Gasteiger partial charge in [0.1, 0.15) is 6.04 Å². The van der Waals surface area contributed by atoms with Gasteiger partial charge in [0.2, 0.25) is 5.91 Å². The van der Waals surface area contributed by atoms with Crippen molar-refractivity contribution in [1.29, 1.82) is 0 Å². The molecule has 0 heterocycles. The lowest BCUT2D eigenvalue weighted by Crippen LogP contribution is -2.45. The number of hydrogen-bond donors (Lipinski definition) is 2. The van der Waals surface area contributed by atoms with Gasteiger partial charge >= 0.3 is 5.97 Å². The zero-order chi connectivity index (χ0) is 16.0. The van der Waals surface area contributed by atoms with Gasteiger partial charge < -0.3 is 15.4 Å². The maximum absolute atomic E-state index is 12.3. The minimum atomic E-state index is -0.743. The highest BCUT2D eigenvalue weighted by Crippen LogP contribution is 2.16. The lowest BCUT2D eigenvalue weighted by Gasteiger charge is -2.20. The Hall–Kier alpha value is -2.37. The molecule has 114 valence electrons. The van der Waals surface area contributed by atoms with E-state index in [9.17, 15) is 14.4 Å². The van der Waals surface area contributed by atoms with E-state index in [0.717, 1.165) is 0 Å². The normalized spacial score (nSPS) is 11.7. The molecule has 0 aliphatic carbocycles. The van der Waals surface area contributed by atoms with E-state index in [2.05, 4.69) is 15.4 Å². The van der Waals surface area contributed by atoms with E-state index in [0.29, 0.717) is 11.3 Å². The Labute approximate surface area is 123 Å². The van der Waals surface area contributed by atoms with Crippen LogP contribution in [0.25, 0.3) is 0 Å². The molecule has 0 fully saturated rings. The van der Waals surface area contributed by atoms with Gasteiger partial charge in [-0.15, -0.1) is 0 Å². The molecule has 1 aromatic carbocycles. The SMILES string of the molecule is COC(=O)[C@@H](NC(=O)c1ccccc1NC(C)=O)C(C)C. The Balaban J connectivity index is 2.98. The molecular weight excluding hydrogens is 272 g/mol. The molecule has 0 radical (unpaired) electrons. The van der Waals surface area contributed by atoms with Crippen LogP contribution in [0.4, 0.5) is 5.69 Å². The molecule has 1 rings (SSSR count). The Bertz CT molecular complexity index is 540. The highest BCUT2D eigenvalue weighted by atomic mass is 16.5. The summed E-state index contributed by atoms with van der Waals surface area (Å²) < 4.78 is 4.68. The van der Waals surface area contributed by atoms with Gasteiger partial charge in [0.15, 0.2) is 0 Å². The first kappa shape index (κ1) is 16.7. The van der Waals surface area contributed by atoms with Crippen LogP contribution in [0.5, 0.6) is 0 Å². The fraction of sp³-hybridized carbons (Fsp3) is 0.400. The minimum Gasteiger partial charge on any atom is -0.467 e. The van der Waals surface area contributed by atoms with E-state index < -0.39 is 17.9 Å². The van der Waals surface area contributed by atoms with E-state index in [-0.39, 0.29) is 11.8 Å². The zero-order valence-electron chi connectivity index (χ0n) is 12.6. The summed E-state index contributed by atoms with van der Waals surface area (Å²) in [5.74, 6) is -1.34. The van der Waals surface area contributed by atoms with E-state index in [1.165, 1.54) is 14.0 Å². The number of esters is 1. The summed E-state index contributed by atoms with van der Waals surface area (Å²) in [4.78, 5) is 35.1. The molecular formula is C15H20N2O4. The van der Waals surface area contributed by atoms with Gasteiger partial charge in [0.05, 0.1) is 18.4 Å². The topological polar surface area (TPSA) is 84.5 Å². The molecule has 0 aliphatic rings. The third-order valence-corrected chi connectivity index (χ3v) is 2.89. The number of carbonyl (C=O) groups is 3. The van der Waals surface area contributed by atoms with Crippen molar-refractivity contribution in [2.45, 2.75) is 26.8 Å². The second-order valence-corrected chi connectivity index (χ2v) is 4.95. The van der Waals surface area contributed by atoms with Crippen LogP contribution in [0.3, 0.4) is 0 Å². The maximum Gasteiger partial charge on any atom is 0.328 e. The second-order valence-electron chi connectivity index (χ2n) is 4.95. The molecule has 1 aromatic rings. The van der Waals surface area contributed by atoms with Gasteiger partial charge in [0.25, 0.3) is 5.91 Å². The first-order chi connectivity index (χ1) is 9.86. The summed E-state index contributed by atoms with van der Waals surface area (Å²) in [5, 5.41) is 5.22. The van der Waals surface area contributed by atoms with E-state index >= 15 is 0 Å². The number of nitrogens with one attached hydrogen (secondary N) is 2. The Morgan fingerprint density at radius 2 is 1.76 bits per heavy atom. The number of carbonyl (C=O) groups excluding carboxylic acids is 3. The van der Waals surface area contributed by atoms with Crippen LogP contribution in [-0.4, -0.2) is 30.9 Å². The van der Waals surface area contributed by atoms with E-state index in [4.69, 9.17) is 0 Å². The Kier molecular flexibility index (Phi) is 5.90. The molecule has 6 heteroatoms. The van der Waals surface area contributed by atoms with Crippen LogP contribution in [-0.2, 0) is 14.3 Å². The number of methoxy groups -OCH3 is 1. The van der Waals surface area contributed by atoms with Crippen molar-refractivity contribution in [3.8, 4) is 0 Å². The molecule has 1 atom stereocenters. The highest BCUT2D eigenvalue weighted by molar-refractivity contribution is 6.04. The third kappa shape index (κ3) is 4.59. The van der Waals surface area contributed by atoms with Gasteiger partial charge in [-0.05, 0) is 18.1 Å². The van der Waals surface area contributed by atoms with Gasteiger partial charge in [-0.1, -0.05) is 26.0 Å². The largest absolute Gasteiger partial charge is 0.467 e. The molecule has 0 spiro atoms. The highest BCUT2D eigenvalue weighted by Gasteiger charge is 2.26. The lowest BCUT2D eigenvalue weighted by molar-refractivity contribution is -0.144. The number of benzene rings is 1. The van der Waals surface area contributed by atoms with Crippen molar-refractivity contribution in [1.82, 2.24) is 5.32 Å². The molecule has 0 saturated carbocycles. The van der Waals surface area contributed by atoms with Crippen LogP contribution < -0.4 is 10.6 Å². The van der Waals surface area contributed by atoms with E-state index in [1.54, 1.807) is 24.3 Å². The zero-order valence-corrected chi connectivity index (χ0v) is 12.6. The standard InChI is InChI=1S/C15H20N2O4/c1-9(2)13(15(20)21-4)17-14(19)11-7-5-6-8-12(11)16-10(3)18/h5-9,13H,1-4H3,(H,16,18)(H,17,19)/t13-/m0/s1. The van der Waals surface area contributed by atoms with Crippen molar-refractivity contribution in [3.05, 3.63) is 29.8 Å². The average Bonchev–Trinajstić information content (AvgIpc) is 2.43. The summed E-state index contributed by atoms with van der Waals surface area (Å²) in [6.45, 7) is 4.98. The van der Waals surface area contributed by atoms with Gasteiger partial charge in [0, 0.05) is 6.92 Å². The number of ether oxygens (including phenoxy) is 1. The van der Waals surface area contributed by atoms with Crippen molar-refractivity contribution in [2.75, 3.05) is 12.4 Å². The molecule has 2 amide bonds. The summed E-state index contributed by atoms with van der Waals surface area (Å²) in [6, 6.07) is 5.85. The van der Waals surface area contributed by atoms with Gasteiger partial charge in [-0.3, -0.25) is 9.59 Å². The predicted octanol–water partition coefficient (Wildman–Crippen LogP) is 1.57.